The van der Waals surface area contributed by atoms with Crippen molar-refractivity contribution in [2.24, 2.45) is 0 Å². The van der Waals surface area contributed by atoms with Crippen LogP contribution in [0, 0.1) is 13.8 Å². The van der Waals surface area contributed by atoms with E-state index in [0.717, 1.165) is 16.7 Å². The summed E-state index contributed by atoms with van der Waals surface area (Å²) < 4.78 is 7.55. The molecule has 140 valence electrons. The maximum atomic E-state index is 12.6. The molecule has 0 aliphatic heterocycles. The minimum atomic E-state index is -0.662. The number of aromatic nitrogens is 2. The topological polar surface area (TPSA) is 56.1 Å². The molecule has 1 N–H and O–H groups in total. The second-order valence-electron chi connectivity index (χ2n) is 6.48. The Morgan fingerprint density at radius 3 is 2.52 bits per heavy atom. The molecule has 2 aromatic carbocycles. The van der Waals surface area contributed by atoms with Crippen LogP contribution in [0.4, 0.5) is 5.82 Å². The molecule has 6 heteroatoms. The number of amides is 1. The van der Waals surface area contributed by atoms with Gasteiger partial charge in [0, 0.05) is 11.1 Å². The fourth-order valence-electron chi connectivity index (χ4n) is 2.78. The average molecular weight is 384 g/mol. The van der Waals surface area contributed by atoms with Crippen molar-refractivity contribution in [3.05, 3.63) is 76.4 Å². The molecule has 0 fully saturated rings. The average Bonchev–Trinajstić information content (AvgIpc) is 3.07. The molecule has 0 radical (unpaired) electrons. The predicted octanol–water partition coefficient (Wildman–Crippen LogP) is 4.61. The Hall–Kier alpha value is -2.79. The van der Waals surface area contributed by atoms with Crippen LogP contribution in [0.3, 0.4) is 0 Å². The molecular formula is C21H22ClN3O2. The van der Waals surface area contributed by atoms with Gasteiger partial charge in [0.15, 0.2) is 6.10 Å². The molecule has 1 unspecified atom stereocenters. The summed E-state index contributed by atoms with van der Waals surface area (Å²) in [6.45, 7) is 6.12. The first-order valence-corrected chi connectivity index (χ1v) is 9.12. The summed E-state index contributed by atoms with van der Waals surface area (Å²) in [7, 11) is 0. The number of anilines is 1. The zero-order chi connectivity index (χ0) is 19.4. The number of nitrogens with zero attached hydrogens (tertiary/aromatic N) is 2. The van der Waals surface area contributed by atoms with Gasteiger partial charge in [0.05, 0.1) is 12.7 Å². The minimum absolute atomic E-state index is 0.241. The van der Waals surface area contributed by atoms with Gasteiger partial charge in [-0.25, -0.2) is 4.68 Å². The summed E-state index contributed by atoms with van der Waals surface area (Å²) in [6, 6.07) is 15.4. The van der Waals surface area contributed by atoms with Gasteiger partial charge in [-0.05, 0) is 49.6 Å². The van der Waals surface area contributed by atoms with Crippen molar-refractivity contribution in [3.8, 4) is 5.75 Å². The number of carbonyl (C=O) groups is 1. The van der Waals surface area contributed by atoms with Crippen LogP contribution in [0.25, 0.3) is 0 Å². The second kappa shape index (κ2) is 8.27. The highest BCUT2D eigenvalue weighted by Gasteiger charge is 2.17. The lowest BCUT2D eigenvalue weighted by atomic mass is 10.1. The number of hydrogen-bond acceptors (Lipinski definition) is 3. The highest BCUT2D eigenvalue weighted by molar-refractivity contribution is 6.32. The lowest BCUT2D eigenvalue weighted by Crippen LogP contribution is -2.31. The lowest BCUT2D eigenvalue weighted by molar-refractivity contribution is -0.122. The molecule has 1 amide bonds. The van der Waals surface area contributed by atoms with E-state index < -0.39 is 6.10 Å². The maximum absolute atomic E-state index is 12.6. The van der Waals surface area contributed by atoms with Crippen molar-refractivity contribution in [3.63, 3.8) is 0 Å². The van der Waals surface area contributed by atoms with E-state index in [9.17, 15) is 4.79 Å². The smallest absolute Gasteiger partial charge is 0.266 e. The van der Waals surface area contributed by atoms with Crippen molar-refractivity contribution >= 4 is 23.3 Å². The minimum Gasteiger partial charge on any atom is -0.481 e. The molecule has 3 aromatic rings. The van der Waals surface area contributed by atoms with E-state index in [0.29, 0.717) is 23.1 Å². The fourth-order valence-corrected chi connectivity index (χ4v) is 2.89. The second-order valence-corrected chi connectivity index (χ2v) is 6.86. The van der Waals surface area contributed by atoms with Gasteiger partial charge in [-0.15, -0.1) is 0 Å². The van der Waals surface area contributed by atoms with E-state index in [4.69, 9.17) is 16.3 Å². The quantitative estimate of drug-likeness (QED) is 0.676. The van der Waals surface area contributed by atoms with E-state index in [1.54, 1.807) is 23.9 Å². The molecule has 0 saturated carbocycles. The van der Waals surface area contributed by atoms with Gasteiger partial charge in [-0.2, -0.15) is 5.10 Å². The Labute approximate surface area is 163 Å². The fraction of sp³-hybridized carbons (Fsp3) is 0.238. The normalized spacial score (nSPS) is 11.9. The number of halogens is 1. The van der Waals surface area contributed by atoms with Crippen molar-refractivity contribution in [1.29, 1.82) is 0 Å². The summed E-state index contributed by atoms with van der Waals surface area (Å²) in [5, 5.41) is 7.88. The molecule has 0 aliphatic carbocycles. The SMILES string of the molecule is Cc1cc(OC(C)C(=O)Nc2ccnn2Cc2ccccc2)cc(C)c1Cl. The Morgan fingerprint density at radius 1 is 1.19 bits per heavy atom. The summed E-state index contributed by atoms with van der Waals surface area (Å²) in [4.78, 5) is 12.6. The van der Waals surface area contributed by atoms with Crippen LogP contribution in [-0.4, -0.2) is 21.8 Å². The predicted molar refractivity (Wildman–Crippen MR) is 107 cm³/mol. The number of aryl methyl sites for hydroxylation is 2. The third-order valence-corrected chi connectivity index (χ3v) is 4.83. The van der Waals surface area contributed by atoms with Gasteiger partial charge >= 0.3 is 0 Å². The van der Waals surface area contributed by atoms with Crippen molar-refractivity contribution in [2.45, 2.75) is 33.4 Å². The monoisotopic (exact) mass is 383 g/mol. The molecule has 5 nitrogen and oxygen atoms in total. The van der Waals surface area contributed by atoms with Crippen LogP contribution in [0.5, 0.6) is 5.75 Å². The Bertz CT molecular complexity index is 915. The van der Waals surface area contributed by atoms with E-state index in [1.165, 1.54) is 0 Å². The van der Waals surface area contributed by atoms with Crippen molar-refractivity contribution in [2.75, 3.05) is 5.32 Å². The molecule has 0 saturated heterocycles. The number of rotatable bonds is 6. The molecule has 0 bridgehead atoms. The maximum Gasteiger partial charge on any atom is 0.266 e. The van der Waals surface area contributed by atoms with Crippen LogP contribution in [-0.2, 0) is 11.3 Å². The highest BCUT2D eigenvalue weighted by Crippen LogP contribution is 2.26. The van der Waals surface area contributed by atoms with Crippen LogP contribution in [0.1, 0.15) is 23.6 Å². The van der Waals surface area contributed by atoms with Gasteiger partial charge in [0.25, 0.3) is 5.91 Å². The van der Waals surface area contributed by atoms with Crippen LogP contribution >= 0.6 is 11.6 Å². The molecule has 27 heavy (non-hydrogen) atoms. The van der Waals surface area contributed by atoms with Gasteiger partial charge in [0.2, 0.25) is 0 Å². The van der Waals surface area contributed by atoms with E-state index in [1.807, 2.05) is 56.3 Å². The first-order chi connectivity index (χ1) is 12.9. The Balaban J connectivity index is 1.66. The van der Waals surface area contributed by atoms with E-state index in [2.05, 4.69) is 10.4 Å². The summed E-state index contributed by atoms with van der Waals surface area (Å²) >= 11 is 6.18. The zero-order valence-corrected chi connectivity index (χ0v) is 16.3. The Kier molecular flexibility index (Phi) is 5.81. The first-order valence-electron chi connectivity index (χ1n) is 8.74. The molecular weight excluding hydrogens is 362 g/mol. The summed E-state index contributed by atoms with van der Waals surface area (Å²) in [5.41, 5.74) is 2.94. The zero-order valence-electron chi connectivity index (χ0n) is 15.6. The van der Waals surface area contributed by atoms with Gasteiger partial charge < -0.3 is 10.1 Å². The van der Waals surface area contributed by atoms with Gasteiger partial charge in [-0.1, -0.05) is 41.9 Å². The van der Waals surface area contributed by atoms with Gasteiger partial charge in [-0.3, -0.25) is 4.79 Å². The van der Waals surface area contributed by atoms with Crippen molar-refractivity contribution < 1.29 is 9.53 Å². The Morgan fingerprint density at radius 2 is 1.85 bits per heavy atom. The molecule has 1 atom stereocenters. The number of nitrogens with one attached hydrogen (secondary N) is 1. The van der Waals surface area contributed by atoms with Crippen LogP contribution in [0.2, 0.25) is 5.02 Å². The number of benzene rings is 2. The third kappa shape index (κ3) is 4.68. The van der Waals surface area contributed by atoms with Crippen LogP contribution < -0.4 is 10.1 Å². The number of ether oxygens (including phenoxy) is 1. The molecule has 1 heterocycles. The summed E-state index contributed by atoms with van der Waals surface area (Å²) in [5.74, 6) is 1.01. The van der Waals surface area contributed by atoms with Gasteiger partial charge in [0.1, 0.15) is 11.6 Å². The lowest BCUT2D eigenvalue weighted by Gasteiger charge is -2.17. The molecule has 0 aliphatic rings. The summed E-state index contributed by atoms with van der Waals surface area (Å²) in [6.07, 6.45) is 1.00. The third-order valence-electron chi connectivity index (χ3n) is 4.24. The largest absolute Gasteiger partial charge is 0.481 e. The van der Waals surface area contributed by atoms with Crippen LogP contribution in [0.15, 0.2) is 54.7 Å². The molecule has 0 spiro atoms. The first kappa shape index (κ1) is 19.0. The number of carbonyl (C=O) groups excluding carboxylic acids is 1. The van der Waals surface area contributed by atoms with E-state index >= 15 is 0 Å². The van der Waals surface area contributed by atoms with Crippen molar-refractivity contribution in [1.82, 2.24) is 9.78 Å². The standard InChI is InChI=1S/C21H22ClN3O2/c1-14-11-18(12-15(2)20(14)22)27-16(3)21(26)24-19-9-10-23-25(19)13-17-7-5-4-6-8-17/h4-12,16H,13H2,1-3H3,(H,24,26). The molecule has 3 rings (SSSR count). The highest BCUT2D eigenvalue weighted by atomic mass is 35.5. The number of hydrogen-bond donors (Lipinski definition) is 1. The molecule has 1 aromatic heterocycles. The van der Waals surface area contributed by atoms with E-state index in [-0.39, 0.29) is 5.91 Å².